The van der Waals surface area contributed by atoms with Gasteiger partial charge in [-0.25, -0.2) is 0 Å². The van der Waals surface area contributed by atoms with E-state index in [2.05, 4.69) is 10.1 Å². The summed E-state index contributed by atoms with van der Waals surface area (Å²) in [5.41, 5.74) is 0.324. The molecule has 1 aliphatic heterocycles. The van der Waals surface area contributed by atoms with Gasteiger partial charge in [0.2, 0.25) is 0 Å². The highest BCUT2D eigenvalue weighted by atomic mass is 19.4. The van der Waals surface area contributed by atoms with Crippen LogP contribution in [0.4, 0.5) is 13.2 Å². The lowest BCUT2D eigenvalue weighted by atomic mass is 10.1. The number of benzene rings is 1. The molecular weight excluding hydrogens is 359 g/mol. The maximum Gasteiger partial charge on any atom is 0.416 e. The van der Waals surface area contributed by atoms with Gasteiger partial charge >= 0.3 is 6.18 Å². The number of carbonyl (C=O) groups excluding carboxylic acids is 1. The van der Waals surface area contributed by atoms with E-state index in [-0.39, 0.29) is 5.91 Å². The second-order valence-electron chi connectivity index (χ2n) is 7.16. The van der Waals surface area contributed by atoms with Crippen molar-refractivity contribution in [2.24, 2.45) is 0 Å². The highest BCUT2D eigenvalue weighted by molar-refractivity contribution is 5.92. The Bertz CT molecular complexity index is 822. The predicted octanol–water partition coefficient (Wildman–Crippen LogP) is 3.53. The molecule has 0 unspecified atom stereocenters. The monoisotopic (exact) mass is 379 g/mol. The van der Waals surface area contributed by atoms with Crippen LogP contribution in [0.2, 0.25) is 0 Å². The van der Waals surface area contributed by atoms with Crippen molar-refractivity contribution < 1.29 is 22.5 Å². The maximum atomic E-state index is 12.8. The lowest BCUT2D eigenvalue weighted by Gasteiger charge is -2.34. The highest BCUT2D eigenvalue weighted by Crippen LogP contribution is 2.40. The van der Waals surface area contributed by atoms with Crippen molar-refractivity contribution in [2.75, 3.05) is 26.2 Å². The Balaban J connectivity index is 1.32. The SMILES string of the molecule is O=C(c1cc(C2CC2)on1)N1CCN(Cc2cccc(C(F)(F)F)c2)CC1. The first-order valence-corrected chi connectivity index (χ1v) is 9.04. The van der Waals surface area contributed by atoms with Crippen LogP contribution in [0.25, 0.3) is 0 Å². The molecule has 0 N–H and O–H groups in total. The van der Waals surface area contributed by atoms with Crippen LogP contribution in [0.1, 0.15) is 46.1 Å². The highest BCUT2D eigenvalue weighted by Gasteiger charge is 2.32. The van der Waals surface area contributed by atoms with Crippen LogP contribution in [0.3, 0.4) is 0 Å². The molecule has 0 bridgehead atoms. The predicted molar refractivity (Wildman–Crippen MR) is 91.1 cm³/mol. The van der Waals surface area contributed by atoms with Gasteiger partial charge in [0.25, 0.3) is 5.91 Å². The van der Waals surface area contributed by atoms with Crippen LogP contribution < -0.4 is 0 Å². The third-order valence-corrected chi connectivity index (χ3v) is 5.05. The number of carbonyl (C=O) groups is 1. The molecule has 2 aromatic rings. The van der Waals surface area contributed by atoms with Gasteiger partial charge in [0.1, 0.15) is 5.76 Å². The molecule has 1 amide bonds. The Hall–Kier alpha value is -2.35. The van der Waals surface area contributed by atoms with Gasteiger partial charge < -0.3 is 9.42 Å². The van der Waals surface area contributed by atoms with E-state index < -0.39 is 11.7 Å². The van der Waals surface area contributed by atoms with Gasteiger partial charge in [-0.1, -0.05) is 23.4 Å². The zero-order chi connectivity index (χ0) is 19.0. The lowest BCUT2D eigenvalue weighted by Crippen LogP contribution is -2.48. The molecule has 1 aromatic heterocycles. The Labute approximate surface area is 154 Å². The van der Waals surface area contributed by atoms with Crippen molar-refractivity contribution in [3.8, 4) is 0 Å². The summed E-state index contributed by atoms with van der Waals surface area (Å²) in [7, 11) is 0. The zero-order valence-electron chi connectivity index (χ0n) is 14.7. The molecule has 2 heterocycles. The van der Waals surface area contributed by atoms with Gasteiger partial charge in [-0.05, 0) is 24.5 Å². The number of amides is 1. The van der Waals surface area contributed by atoms with Crippen molar-refractivity contribution in [3.05, 3.63) is 52.9 Å². The largest absolute Gasteiger partial charge is 0.416 e. The van der Waals surface area contributed by atoms with E-state index in [4.69, 9.17) is 4.52 Å². The maximum absolute atomic E-state index is 12.8. The van der Waals surface area contributed by atoms with Crippen molar-refractivity contribution >= 4 is 5.91 Å². The van der Waals surface area contributed by atoms with Crippen molar-refractivity contribution in [3.63, 3.8) is 0 Å². The minimum atomic E-state index is -4.34. The van der Waals surface area contributed by atoms with Crippen molar-refractivity contribution in [1.82, 2.24) is 15.0 Å². The van der Waals surface area contributed by atoms with Crippen molar-refractivity contribution in [1.29, 1.82) is 0 Å². The number of hydrogen-bond donors (Lipinski definition) is 0. The number of alkyl halides is 3. The molecule has 1 aliphatic carbocycles. The van der Waals surface area contributed by atoms with E-state index in [0.717, 1.165) is 24.7 Å². The Morgan fingerprint density at radius 1 is 1.15 bits per heavy atom. The molecule has 5 nitrogen and oxygen atoms in total. The molecule has 0 spiro atoms. The van der Waals surface area contributed by atoms with Crippen molar-refractivity contribution in [2.45, 2.75) is 31.5 Å². The summed E-state index contributed by atoms with van der Waals surface area (Å²) < 4.78 is 43.7. The second kappa shape index (κ2) is 6.99. The van der Waals surface area contributed by atoms with Crippen LogP contribution in [0.5, 0.6) is 0 Å². The first kappa shape index (κ1) is 18.0. The third-order valence-electron chi connectivity index (χ3n) is 5.05. The normalized spacial score (nSPS) is 18.7. The summed E-state index contributed by atoms with van der Waals surface area (Å²) in [5, 5.41) is 3.89. The van der Waals surface area contributed by atoms with E-state index >= 15 is 0 Å². The number of hydrogen-bond acceptors (Lipinski definition) is 4. The molecule has 2 fully saturated rings. The molecule has 1 aromatic carbocycles. The molecule has 0 atom stereocenters. The molecule has 2 aliphatic rings. The second-order valence-corrected chi connectivity index (χ2v) is 7.16. The minimum Gasteiger partial charge on any atom is -0.360 e. The topological polar surface area (TPSA) is 49.6 Å². The van der Waals surface area contributed by atoms with Crippen LogP contribution in [0, 0.1) is 0 Å². The summed E-state index contributed by atoms with van der Waals surface area (Å²) in [6, 6.07) is 7.12. The number of aromatic nitrogens is 1. The molecule has 144 valence electrons. The summed E-state index contributed by atoms with van der Waals surface area (Å²) >= 11 is 0. The fourth-order valence-electron chi connectivity index (χ4n) is 3.33. The summed E-state index contributed by atoms with van der Waals surface area (Å²) in [6.45, 7) is 2.68. The van der Waals surface area contributed by atoms with E-state index in [9.17, 15) is 18.0 Å². The molecule has 1 saturated heterocycles. The Kier molecular flexibility index (Phi) is 4.67. The van der Waals surface area contributed by atoms with Gasteiger partial charge in [0.05, 0.1) is 5.56 Å². The fourth-order valence-corrected chi connectivity index (χ4v) is 3.33. The van der Waals surface area contributed by atoms with E-state index in [0.29, 0.717) is 49.9 Å². The lowest BCUT2D eigenvalue weighted by molar-refractivity contribution is -0.137. The minimum absolute atomic E-state index is 0.149. The zero-order valence-corrected chi connectivity index (χ0v) is 14.7. The van der Waals surface area contributed by atoms with Crippen LogP contribution in [-0.2, 0) is 12.7 Å². The van der Waals surface area contributed by atoms with Gasteiger partial charge in [-0.3, -0.25) is 9.69 Å². The summed E-state index contributed by atoms with van der Waals surface area (Å²) in [5.74, 6) is 1.04. The van der Waals surface area contributed by atoms with E-state index in [1.807, 2.05) is 0 Å². The van der Waals surface area contributed by atoms with Gasteiger partial charge in [0.15, 0.2) is 5.69 Å². The smallest absolute Gasteiger partial charge is 0.360 e. The quantitative estimate of drug-likeness (QED) is 0.816. The van der Waals surface area contributed by atoms with E-state index in [1.165, 1.54) is 12.1 Å². The molecule has 27 heavy (non-hydrogen) atoms. The number of rotatable bonds is 4. The average Bonchev–Trinajstić information content (AvgIpc) is 3.38. The first-order valence-electron chi connectivity index (χ1n) is 9.04. The van der Waals surface area contributed by atoms with Crippen LogP contribution in [0.15, 0.2) is 34.9 Å². The molecule has 8 heteroatoms. The number of nitrogens with zero attached hydrogens (tertiary/aromatic N) is 3. The molecule has 4 rings (SSSR count). The Morgan fingerprint density at radius 2 is 1.89 bits per heavy atom. The molecule has 1 saturated carbocycles. The number of piperazine rings is 1. The summed E-state index contributed by atoms with van der Waals surface area (Å²) in [6.07, 6.45) is -2.17. The first-order chi connectivity index (χ1) is 12.9. The van der Waals surface area contributed by atoms with Crippen LogP contribution >= 0.6 is 0 Å². The Morgan fingerprint density at radius 3 is 2.56 bits per heavy atom. The average molecular weight is 379 g/mol. The molecular formula is C19H20F3N3O2. The van der Waals surface area contributed by atoms with Gasteiger partial charge in [-0.2, -0.15) is 13.2 Å². The standard InChI is InChI=1S/C19H20F3N3O2/c20-19(21,22)15-3-1-2-13(10-15)12-24-6-8-25(9-7-24)18(26)16-11-17(27-23-16)14-4-5-14/h1-3,10-11,14H,4-9,12H2. The van der Waals surface area contributed by atoms with Crippen LogP contribution in [-0.4, -0.2) is 47.0 Å². The van der Waals surface area contributed by atoms with Gasteiger partial charge in [-0.15, -0.1) is 0 Å². The number of halogens is 3. The third kappa shape index (κ3) is 4.16. The fraction of sp³-hybridized carbons (Fsp3) is 0.474. The van der Waals surface area contributed by atoms with Gasteiger partial charge in [0, 0.05) is 44.7 Å². The molecule has 0 radical (unpaired) electrons. The summed E-state index contributed by atoms with van der Waals surface area (Å²) in [4.78, 5) is 16.3. The van der Waals surface area contributed by atoms with E-state index in [1.54, 1.807) is 17.0 Å².